The predicted molar refractivity (Wildman–Crippen MR) is 101 cm³/mol. The number of carbonyl (C=O) groups excluding carboxylic acids is 1. The fraction of sp³-hybridized carbons (Fsp3) is 0.947. The highest BCUT2D eigenvalue weighted by atomic mass is 16.7. The SMILES string of the molecule is CNC1[C@@H](OC)OC(COC(C)=O)[C@@H](O[C@@H]2OC(CO)[C@@H](O)[C@@H](OC)C2C)[C@@H]1C. The van der Waals surface area contributed by atoms with E-state index in [4.69, 9.17) is 28.4 Å². The Morgan fingerprint density at radius 2 is 1.69 bits per heavy atom. The first kappa shape index (κ1) is 24.4. The van der Waals surface area contributed by atoms with Crippen LogP contribution in [0.3, 0.4) is 0 Å². The van der Waals surface area contributed by atoms with E-state index in [2.05, 4.69) is 5.32 Å². The Morgan fingerprint density at radius 1 is 1.03 bits per heavy atom. The van der Waals surface area contributed by atoms with Crippen molar-refractivity contribution in [3.05, 3.63) is 0 Å². The van der Waals surface area contributed by atoms with Gasteiger partial charge in [-0.05, 0) is 7.05 Å². The number of esters is 1. The number of carbonyl (C=O) groups is 1. The Bertz CT molecular complexity index is 522. The standard InChI is InChI=1S/C19H35NO9/c1-9-14(20-4)19(25-6)28-13(8-26-11(3)22)16(9)29-18-10(2)17(24-5)15(23)12(7-21)27-18/h9-10,12-21,23H,7-8H2,1-6H3/t9-,10?,12?,13?,14?,15-,16+,17+,18+,19+/m1/s1. The van der Waals surface area contributed by atoms with Gasteiger partial charge in [0.1, 0.15) is 24.9 Å². The fourth-order valence-electron chi connectivity index (χ4n) is 4.14. The maximum atomic E-state index is 11.3. The van der Waals surface area contributed by atoms with Gasteiger partial charge in [-0.25, -0.2) is 0 Å². The lowest BCUT2D eigenvalue weighted by molar-refractivity contribution is -0.332. The lowest BCUT2D eigenvalue weighted by Gasteiger charge is -2.48. The number of likely N-dealkylation sites (N-methyl/N-ethyl adjacent to an activating group) is 1. The number of ether oxygens (including phenoxy) is 6. The molecule has 2 saturated heterocycles. The molecule has 2 fully saturated rings. The molecule has 0 aliphatic carbocycles. The minimum absolute atomic E-state index is 0.00148. The number of nitrogens with one attached hydrogen (secondary N) is 1. The summed E-state index contributed by atoms with van der Waals surface area (Å²) in [5.74, 6) is -0.821. The molecule has 170 valence electrons. The molecule has 29 heavy (non-hydrogen) atoms. The predicted octanol–water partition coefficient (Wildman–Crippen LogP) is -0.741. The summed E-state index contributed by atoms with van der Waals surface area (Å²) in [6.45, 7) is 4.79. The summed E-state index contributed by atoms with van der Waals surface area (Å²) in [5.41, 5.74) is 0. The van der Waals surface area contributed by atoms with Crippen molar-refractivity contribution in [2.24, 2.45) is 11.8 Å². The highest BCUT2D eigenvalue weighted by molar-refractivity contribution is 5.65. The van der Waals surface area contributed by atoms with E-state index >= 15 is 0 Å². The van der Waals surface area contributed by atoms with Crippen LogP contribution in [0, 0.1) is 11.8 Å². The minimum atomic E-state index is -0.973. The molecule has 10 atom stereocenters. The van der Waals surface area contributed by atoms with Gasteiger partial charge in [-0.3, -0.25) is 4.79 Å². The van der Waals surface area contributed by atoms with Crippen molar-refractivity contribution in [3.8, 4) is 0 Å². The van der Waals surface area contributed by atoms with Crippen LogP contribution in [-0.2, 0) is 33.2 Å². The molecule has 0 aromatic rings. The van der Waals surface area contributed by atoms with Crippen LogP contribution in [0.1, 0.15) is 20.8 Å². The van der Waals surface area contributed by atoms with Gasteiger partial charge >= 0.3 is 5.97 Å². The Morgan fingerprint density at radius 3 is 2.21 bits per heavy atom. The van der Waals surface area contributed by atoms with Gasteiger partial charge in [-0.2, -0.15) is 0 Å². The highest BCUT2D eigenvalue weighted by Crippen LogP contribution is 2.34. The molecule has 0 aromatic heterocycles. The molecular formula is C19H35NO9. The van der Waals surface area contributed by atoms with Crippen molar-refractivity contribution < 1.29 is 43.4 Å². The summed E-state index contributed by atoms with van der Waals surface area (Å²) in [6, 6.07) is -0.171. The van der Waals surface area contributed by atoms with Crippen molar-refractivity contribution in [1.82, 2.24) is 5.32 Å². The molecule has 0 bridgehead atoms. The Labute approximate surface area is 171 Å². The summed E-state index contributed by atoms with van der Waals surface area (Å²) in [7, 11) is 4.85. The average Bonchev–Trinajstić information content (AvgIpc) is 2.70. The molecule has 0 radical (unpaired) electrons. The second-order valence-electron chi connectivity index (χ2n) is 7.63. The van der Waals surface area contributed by atoms with Gasteiger partial charge < -0.3 is 44.0 Å². The first-order valence-corrected chi connectivity index (χ1v) is 9.90. The van der Waals surface area contributed by atoms with Crippen LogP contribution in [-0.4, -0.2) is 99.8 Å². The van der Waals surface area contributed by atoms with Gasteiger partial charge in [0.25, 0.3) is 0 Å². The topological polar surface area (TPSA) is 125 Å². The summed E-state index contributed by atoms with van der Waals surface area (Å²) in [6.07, 6.45) is -4.76. The lowest BCUT2D eigenvalue weighted by atomic mass is 9.87. The van der Waals surface area contributed by atoms with Crippen molar-refractivity contribution in [3.63, 3.8) is 0 Å². The van der Waals surface area contributed by atoms with Crippen LogP contribution < -0.4 is 5.32 Å². The minimum Gasteiger partial charge on any atom is -0.463 e. The molecule has 0 saturated carbocycles. The monoisotopic (exact) mass is 421 g/mol. The van der Waals surface area contributed by atoms with Crippen LogP contribution in [0.15, 0.2) is 0 Å². The van der Waals surface area contributed by atoms with Gasteiger partial charge in [-0.15, -0.1) is 0 Å². The molecule has 0 spiro atoms. The highest BCUT2D eigenvalue weighted by Gasteiger charge is 2.49. The summed E-state index contributed by atoms with van der Waals surface area (Å²) >= 11 is 0. The number of rotatable bonds is 8. The number of hydrogen-bond donors (Lipinski definition) is 3. The van der Waals surface area contributed by atoms with Crippen LogP contribution >= 0.6 is 0 Å². The summed E-state index contributed by atoms with van der Waals surface area (Å²) < 4.78 is 34.2. The third-order valence-electron chi connectivity index (χ3n) is 5.79. The van der Waals surface area contributed by atoms with E-state index < -0.39 is 49.1 Å². The van der Waals surface area contributed by atoms with E-state index in [1.807, 2.05) is 13.8 Å². The van der Waals surface area contributed by atoms with E-state index in [9.17, 15) is 15.0 Å². The molecule has 2 rings (SSSR count). The number of aliphatic hydroxyl groups is 2. The van der Waals surface area contributed by atoms with E-state index in [0.29, 0.717) is 0 Å². The van der Waals surface area contributed by atoms with Crippen molar-refractivity contribution in [1.29, 1.82) is 0 Å². The lowest BCUT2D eigenvalue weighted by Crippen LogP contribution is -2.63. The van der Waals surface area contributed by atoms with Gasteiger partial charge in [0.05, 0.1) is 24.9 Å². The number of methoxy groups -OCH3 is 2. The third kappa shape index (κ3) is 5.45. The maximum absolute atomic E-state index is 11.3. The van der Waals surface area contributed by atoms with Crippen LogP contribution in [0.2, 0.25) is 0 Å². The molecule has 0 aromatic carbocycles. The second-order valence-corrected chi connectivity index (χ2v) is 7.63. The van der Waals surface area contributed by atoms with Crippen LogP contribution in [0.4, 0.5) is 0 Å². The van der Waals surface area contributed by atoms with Gasteiger partial charge in [-0.1, -0.05) is 13.8 Å². The van der Waals surface area contributed by atoms with E-state index in [-0.39, 0.29) is 31.1 Å². The molecule has 2 heterocycles. The van der Waals surface area contributed by atoms with Gasteiger partial charge in [0.2, 0.25) is 0 Å². The smallest absolute Gasteiger partial charge is 0.302 e. The Balaban J connectivity index is 2.23. The second kappa shape index (κ2) is 11.0. The maximum Gasteiger partial charge on any atom is 0.302 e. The number of aliphatic hydroxyl groups excluding tert-OH is 2. The van der Waals surface area contributed by atoms with Crippen molar-refractivity contribution in [2.45, 2.75) is 69.9 Å². The molecule has 10 nitrogen and oxygen atoms in total. The summed E-state index contributed by atoms with van der Waals surface area (Å²) in [4.78, 5) is 11.3. The van der Waals surface area contributed by atoms with Crippen molar-refractivity contribution >= 4 is 5.97 Å². The first-order valence-electron chi connectivity index (χ1n) is 9.90. The third-order valence-corrected chi connectivity index (χ3v) is 5.79. The van der Waals surface area contributed by atoms with Gasteiger partial charge in [0.15, 0.2) is 12.6 Å². The Hall–Kier alpha value is -0.850. The zero-order valence-corrected chi connectivity index (χ0v) is 17.9. The van der Waals surface area contributed by atoms with Gasteiger partial charge in [0, 0.05) is 33.0 Å². The fourth-order valence-corrected chi connectivity index (χ4v) is 4.14. The van der Waals surface area contributed by atoms with E-state index in [1.54, 1.807) is 14.2 Å². The molecule has 2 aliphatic rings. The zero-order valence-electron chi connectivity index (χ0n) is 17.9. The van der Waals surface area contributed by atoms with Crippen LogP contribution in [0.25, 0.3) is 0 Å². The molecule has 10 heteroatoms. The van der Waals surface area contributed by atoms with E-state index in [1.165, 1.54) is 14.0 Å². The first-order chi connectivity index (χ1) is 13.8. The zero-order chi connectivity index (χ0) is 21.7. The quantitative estimate of drug-likeness (QED) is 0.432. The largest absolute Gasteiger partial charge is 0.463 e. The number of hydrogen-bond acceptors (Lipinski definition) is 10. The molecule has 3 N–H and O–H groups in total. The Kier molecular flexibility index (Phi) is 9.23. The molecule has 4 unspecified atom stereocenters. The molecule has 2 aliphatic heterocycles. The molecule has 0 amide bonds. The normalized spacial score (nSPS) is 43.2. The van der Waals surface area contributed by atoms with Crippen molar-refractivity contribution in [2.75, 3.05) is 34.5 Å². The van der Waals surface area contributed by atoms with E-state index in [0.717, 1.165) is 0 Å². The molecular weight excluding hydrogens is 386 g/mol. The summed E-state index contributed by atoms with van der Waals surface area (Å²) in [5, 5.41) is 23.1. The average molecular weight is 421 g/mol. The van der Waals surface area contributed by atoms with Crippen LogP contribution in [0.5, 0.6) is 0 Å².